The van der Waals surface area contributed by atoms with Gasteiger partial charge in [-0.1, -0.05) is 5.16 Å². The Morgan fingerprint density at radius 3 is 2.72 bits per heavy atom. The van der Waals surface area contributed by atoms with E-state index in [1.807, 2.05) is 0 Å². The number of nitrogens with zero attached hydrogens (tertiary/aromatic N) is 2. The first-order valence-corrected chi connectivity index (χ1v) is 6.11. The fourth-order valence-corrected chi connectivity index (χ4v) is 2.29. The summed E-state index contributed by atoms with van der Waals surface area (Å²) in [6.45, 7) is 0. The van der Waals surface area contributed by atoms with Gasteiger partial charge in [0.05, 0.1) is 5.69 Å². The molecular weight excluding hydrogens is 258 g/mol. The first kappa shape index (κ1) is 11.3. The van der Waals surface area contributed by atoms with Crippen LogP contribution in [0.5, 0.6) is 0 Å². The van der Waals surface area contributed by atoms with Gasteiger partial charge in [0.25, 0.3) is 0 Å². The van der Waals surface area contributed by atoms with E-state index in [4.69, 9.17) is 4.84 Å². The Bertz CT molecular complexity index is 578. The van der Waals surface area contributed by atoms with E-state index in [0.717, 1.165) is 6.07 Å². The summed E-state index contributed by atoms with van der Waals surface area (Å²) < 4.78 is 26.2. The lowest BCUT2D eigenvalue weighted by atomic mass is 10.0. The van der Waals surface area contributed by atoms with E-state index in [1.165, 1.54) is 23.5 Å². The maximum absolute atomic E-state index is 13.1. The van der Waals surface area contributed by atoms with Crippen LogP contribution < -0.4 is 0 Å². The molecule has 0 amide bonds. The van der Waals surface area contributed by atoms with Crippen molar-refractivity contribution in [3.63, 3.8) is 0 Å². The molecule has 3 nitrogen and oxygen atoms in total. The summed E-state index contributed by atoms with van der Waals surface area (Å²) in [5.41, 5.74) is 4.51. The summed E-state index contributed by atoms with van der Waals surface area (Å²) in [7, 11) is 0. The lowest BCUT2D eigenvalue weighted by molar-refractivity contribution is 0.0852. The van der Waals surface area contributed by atoms with E-state index in [9.17, 15) is 8.78 Å². The van der Waals surface area contributed by atoms with Crippen molar-refractivity contribution in [3.05, 3.63) is 52.0 Å². The van der Waals surface area contributed by atoms with Crippen LogP contribution >= 0.6 is 11.3 Å². The zero-order valence-corrected chi connectivity index (χ0v) is 9.88. The maximum Gasteiger partial charge on any atom is 0.158 e. The second-order valence-electron chi connectivity index (χ2n) is 3.86. The Balaban J connectivity index is 1.81. The minimum absolute atomic E-state index is 0.436. The Morgan fingerprint density at radius 2 is 2.06 bits per heavy atom. The Hall–Kier alpha value is -1.82. The van der Waals surface area contributed by atoms with E-state index < -0.39 is 17.7 Å². The molecule has 0 spiro atoms. The molecule has 0 saturated carbocycles. The highest BCUT2D eigenvalue weighted by Gasteiger charge is 2.25. The van der Waals surface area contributed by atoms with Crippen LogP contribution in [0.1, 0.15) is 23.8 Å². The van der Waals surface area contributed by atoms with Crippen molar-refractivity contribution < 1.29 is 13.6 Å². The van der Waals surface area contributed by atoms with Crippen molar-refractivity contribution in [1.29, 1.82) is 0 Å². The fourth-order valence-electron chi connectivity index (χ4n) is 1.79. The van der Waals surface area contributed by atoms with Crippen molar-refractivity contribution in [1.82, 2.24) is 4.98 Å². The molecule has 1 aromatic carbocycles. The van der Waals surface area contributed by atoms with Crippen LogP contribution in [0.25, 0.3) is 0 Å². The van der Waals surface area contributed by atoms with E-state index in [1.54, 1.807) is 5.38 Å². The third kappa shape index (κ3) is 2.11. The fraction of sp³-hybridized carbons (Fsp3) is 0.167. The molecule has 0 N–H and O–H groups in total. The molecule has 1 aromatic heterocycles. The van der Waals surface area contributed by atoms with E-state index in [0.29, 0.717) is 23.4 Å². The number of aromatic nitrogens is 1. The highest BCUT2D eigenvalue weighted by atomic mass is 32.1. The van der Waals surface area contributed by atoms with Gasteiger partial charge < -0.3 is 4.84 Å². The quantitative estimate of drug-likeness (QED) is 0.836. The zero-order valence-electron chi connectivity index (χ0n) is 9.06. The zero-order chi connectivity index (χ0) is 12.5. The third-order valence-corrected chi connectivity index (χ3v) is 3.15. The van der Waals surface area contributed by atoms with Gasteiger partial charge in [-0.05, 0) is 12.1 Å². The van der Waals surface area contributed by atoms with Gasteiger partial charge in [-0.25, -0.2) is 13.8 Å². The monoisotopic (exact) mass is 265 g/mol. The summed E-state index contributed by atoms with van der Waals surface area (Å²) in [5, 5.41) is 5.69. The summed E-state index contributed by atoms with van der Waals surface area (Å²) in [4.78, 5) is 9.19. The Kier molecular flexibility index (Phi) is 2.79. The molecule has 0 aliphatic carbocycles. The van der Waals surface area contributed by atoms with Gasteiger partial charge in [-0.3, -0.25) is 0 Å². The first-order chi connectivity index (χ1) is 8.72. The highest BCUT2D eigenvalue weighted by Crippen LogP contribution is 2.30. The van der Waals surface area contributed by atoms with Gasteiger partial charge in [0, 0.05) is 23.4 Å². The van der Waals surface area contributed by atoms with Gasteiger partial charge in [0.1, 0.15) is 17.3 Å². The van der Waals surface area contributed by atoms with Crippen LogP contribution in [0.2, 0.25) is 0 Å². The van der Waals surface area contributed by atoms with Gasteiger partial charge >= 0.3 is 0 Å². The molecule has 18 heavy (non-hydrogen) atoms. The second kappa shape index (κ2) is 4.45. The highest BCUT2D eigenvalue weighted by molar-refractivity contribution is 7.07. The predicted octanol–water partition coefficient (Wildman–Crippen LogP) is 3.09. The minimum Gasteiger partial charge on any atom is -0.387 e. The smallest absolute Gasteiger partial charge is 0.158 e. The van der Waals surface area contributed by atoms with Crippen LogP contribution in [-0.2, 0) is 4.84 Å². The Labute approximate surface area is 106 Å². The van der Waals surface area contributed by atoms with Crippen LogP contribution in [0.3, 0.4) is 0 Å². The predicted molar refractivity (Wildman–Crippen MR) is 62.3 cm³/mol. The molecule has 6 heteroatoms. The summed E-state index contributed by atoms with van der Waals surface area (Å²) in [6, 6.07) is 3.33. The average molecular weight is 265 g/mol. The van der Waals surface area contributed by atoms with Crippen molar-refractivity contribution >= 4 is 17.0 Å². The lowest BCUT2D eigenvalue weighted by Gasteiger charge is -2.08. The van der Waals surface area contributed by atoms with Crippen LogP contribution in [0.4, 0.5) is 8.78 Å². The molecule has 1 atom stereocenters. The molecule has 0 bridgehead atoms. The number of hydrogen-bond donors (Lipinski definition) is 0. The van der Waals surface area contributed by atoms with Crippen molar-refractivity contribution in [3.8, 4) is 0 Å². The number of hydrogen-bond acceptors (Lipinski definition) is 4. The van der Waals surface area contributed by atoms with Crippen molar-refractivity contribution in [2.45, 2.75) is 12.5 Å². The van der Waals surface area contributed by atoms with Gasteiger partial charge in [-0.2, -0.15) is 0 Å². The maximum atomic E-state index is 13.1. The normalized spacial score (nSPS) is 18.6. The van der Waals surface area contributed by atoms with E-state index >= 15 is 0 Å². The molecule has 2 heterocycles. The Morgan fingerprint density at radius 1 is 1.28 bits per heavy atom. The van der Waals surface area contributed by atoms with Crippen LogP contribution in [-0.4, -0.2) is 10.7 Å². The first-order valence-electron chi connectivity index (χ1n) is 5.23. The topological polar surface area (TPSA) is 34.5 Å². The number of halogens is 2. The molecule has 2 aromatic rings. The van der Waals surface area contributed by atoms with Crippen molar-refractivity contribution in [2.24, 2.45) is 5.16 Å². The SMILES string of the molecule is Fc1cc(F)cc([C@@H]2CC(c3cs[c]n3)=NO2)c1. The summed E-state index contributed by atoms with van der Waals surface area (Å²) >= 11 is 1.34. The number of oxime groups is 1. The van der Waals surface area contributed by atoms with Gasteiger partial charge in [-0.15, -0.1) is 11.3 Å². The average Bonchev–Trinajstić information content (AvgIpc) is 2.99. The molecule has 0 unspecified atom stereocenters. The molecule has 0 fully saturated rings. The molecular formula is C12H7F2N2OS. The standard InChI is InChI=1S/C12H7F2N2OS/c13-8-1-7(2-9(14)3-8)12-4-10(16-17-12)11-5-18-6-15-11/h1-3,5,12H,4H2/t12-/m0/s1. The molecule has 3 rings (SSSR count). The number of benzene rings is 1. The number of rotatable bonds is 2. The van der Waals surface area contributed by atoms with Gasteiger partial charge in [0.2, 0.25) is 0 Å². The summed E-state index contributed by atoms with van der Waals surface area (Å²) in [6.07, 6.45) is -0.0209. The third-order valence-electron chi connectivity index (χ3n) is 2.61. The van der Waals surface area contributed by atoms with E-state index in [2.05, 4.69) is 15.7 Å². The van der Waals surface area contributed by atoms with Gasteiger partial charge in [0.15, 0.2) is 11.6 Å². The van der Waals surface area contributed by atoms with E-state index in [-0.39, 0.29) is 0 Å². The molecule has 1 radical (unpaired) electrons. The van der Waals surface area contributed by atoms with Crippen LogP contribution in [0, 0.1) is 17.1 Å². The van der Waals surface area contributed by atoms with Crippen molar-refractivity contribution in [2.75, 3.05) is 0 Å². The largest absolute Gasteiger partial charge is 0.387 e. The summed E-state index contributed by atoms with van der Waals surface area (Å²) in [5.74, 6) is -1.24. The molecule has 0 saturated heterocycles. The van der Waals surface area contributed by atoms with Crippen LogP contribution in [0.15, 0.2) is 28.7 Å². The minimum atomic E-state index is -0.621. The molecule has 1 aliphatic heterocycles. The molecule has 91 valence electrons. The lowest BCUT2D eigenvalue weighted by Crippen LogP contribution is -2.02. The number of thiazole rings is 1. The molecule has 1 aliphatic rings. The second-order valence-corrected chi connectivity index (χ2v) is 4.52.